The second-order valence-electron chi connectivity index (χ2n) is 4.53. The van der Waals surface area contributed by atoms with Crippen LogP contribution in [0.5, 0.6) is 0 Å². The van der Waals surface area contributed by atoms with Gasteiger partial charge in [-0.3, -0.25) is 4.79 Å². The number of rotatable bonds is 2. The molecule has 0 saturated carbocycles. The Morgan fingerprint density at radius 1 is 1.50 bits per heavy atom. The van der Waals surface area contributed by atoms with E-state index in [2.05, 4.69) is 0 Å². The highest BCUT2D eigenvalue weighted by Crippen LogP contribution is 2.32. The Labute approximate surface area is 134 Å². The van der Waals surface area contributed by atoms with Gasteiger partial charge in [-0.1, -0.05) is 24.0 Å². The molecular formula is C13H11N3O4S2. The minimum absolute atomic E-state index is 0.292. The monoisotopic (exact) mass is 337 g/mol. The first-order valence-corrected chi connectivity index (χ1v) is 7.35. The number of ether oxygens (including phenoxy) is 1. The normalized spacial score (nSPS) is 17.0. The topological polar surface area (TPSA) is 90.7 Å². The molecule has 0 unspecified atom stereocenters. The van der Waals surface area contributed by atoms with E-state index in [-0.39, 0.29) is 5.91 Å². The average Bonchev–Trinajstić information content (AvgIpc) is 3.10. The molecule has 3 heterocycles. The van der Waals surface area contributed by atoms with Crippen molar-refractivity contribution in [2.24, 2.45) is 12.9 Å². The Morgan fingerprint density at radius 3 is 2.77 bits per heavy atom. The summed E-state index contributed by atoms with van der Waals surface area (Å²) in [6.45, 7) is 0. The number of aryl methyl sites for hydroxylation is 1. The van der Waals surface area contributed by atoms with E-state index in [1.807, 2.05) is 0 Å². The molecule has 114 valence electrons. The van der Waals surface area contributed by atoms with Crippen LogP contribution in [0.1, 0.15) is 16.2 Å². The van der Waals surface area contributed by atoms with Crippen molar-refractivity contribution >= 4 is 57.4 Å². The minimum atomic E-state index is -0.445. The SMILES string of the molecule is COC(=O)c1cc2oc(/C=C3/SC(=S)N(N)C3=O)cc2n1C. The zero-order valence-corrected chi connectivity index (χ0v) is 13.3. The third-order valence-corrected chi connectivity index (χ3v) is 4.57. The zero-order chi connectivity index (χ0) is 16.0. The third-order valence-electron chi connectivity index (χ3n) is 3.24. The van der Waals surface area contributed by atoms with Gasteiger partial charge < -0.3 is 13.7 Å². The smallest absolute Gasteiger partial charge is 0.354 e. The number of thiocarbonyl (C=S) groups is 1. The Bertz CT molecular complexity index is 849. The molecule has 22 heavy (non-hydrogen) atoms. The van der Waals surface area contributed by atoms with Crippen LogP contribution >= 0.6 is 24.0 Å². The number of aromatic nitrogens is 1. The fraction of sp³-hybridized carbons (Fsp3) is 0.154. The number of furan rings is 1. The molecule has 0 aromatic carbocycles. The molecule has 1 aliphatic heterocycles. The molecular weight excluding hydrogens is 326 g/mol. The summed E-state index contributed by atoms with van der Waals surface area (Å²) in [5, 5.41) is 0.920. The Balaban J connectivity index is 1.99. The fourth-order valence-corrected chi connectivity index (χ4v) is 3.19. The van der Waals surface area contributed by atoms with Crippen LogP contribution in [0, 0.1) is 0 Å². The number of hydrogen-bond acceptors (Lipinski definition) is 7. The molecule has 3 rings (SSSR count). The van der Waals surface area contributed by atoms with Crippen molar-refractivity contribution in [3.8, 4) is 0 Å². The molecule has 2 aromatic rings. The first-order chi connectivity index (χ1) is 10.4. The number of fused-ring (bicyclic) bond motifs is 1. The molecule has 2 N–H and O–H groups in total. The van der Waals surface area contributed by atoms with Crippen LogP contribution < -0.4 is 5.84 Å². The first kappa shape index (κ1) is 14.8. The van der Waals surface area contributed by atoms with Gasteiger partial charge in [0.05, 0.1) is 17.5 Å². The van der Waals surface area contributed by atoms with Crippen LogP contribution in [0.3, 0.4) is 0 Å². The Hall–Kier alpha value is -2.10. The summed E-state index contributed by atoms with van der Waals surface area (Å²) in [6.07, 6.45) is 1.57. The van der Waals surface area contributed by atoms with E-state index in [4.69, 9.17) is 27.2 Å². The number of carbonyl (C=O) groups excluding carboxylic acids is 2. The number of hydrogen-bond donors (Lipinski definition) is 1. The van der Waals surface area contributed by atoms with Crippen molar-refractivity contribution in [2.45, 2.75) is 0 Å². The average molecular weight is 337 g/mol. The maximum absolute atomic E-state index is 11.8. The summed E-state index contributed by atoms with van der Waals surface area (Å²) in [7, 11) is 3.05. The van der Waals surface area contributed by atoms with Crippen molar-refractivity contribution in [1.82, 2.24) is 9.58 Å². The first-order valence-electron chi connectivity index (χ1n) is 6.12. The summed E-state index contributed by atoms with van der Waals surface area (Å²) in [5.41, 5.74) is 1.63. The lowest BCUT2D eigenvalue weighted by Crippen LogP contribution is -2.34. The van der Waals surface area contributed by atoms with Gasteiger partial charge in [0, 0.05) is 25.3 Å². The van der Waals surface area contributed by atoms with E-state index in [9.17, 15) is 9.59 Å². The largest absolute Gasteiger partial charge is 0.464 e. The number of esters is 1. The standard InChI is InChI=1S/C13H11N3O4S2/c1-15-7-3-6(4-10-11(17)16(14)13(21)22-10)20-9(7)5-8(15)12(18)19-2/h3-5H,14H2,1-2H3/b10-4+. The van der Waals surface area contributed by atoms with E-state index in [0.717, 1.165) is 22.3 Å². The van der Waals surface area contributed by atoms with E-state index < -0.39 is 5.97 Å². The number of thioether (sulfide) groups is 1. The predicted molar refractivity (Wildman–Crippen MR) is 85.7 cm³/mol. The lowest BCUT2D eigenvalue weighted by atomic mass is 10.3. The van der Waals surface area contributed by atoms with Gasteiger partial charge in [-0.05, 0) is 0 Å². The third kappa shape index (κ3) is 2.23. The maximum atomic E-state index is 11.8. The molecule has 1 fully saturated rings. The van der Waals surface area contributed by atoms with Gasteiger partial charge in [-0.15, -0.1) is 0 Å². The van der Waals surface area contributed by atoms with Gasteiger partial charge >= 0.3 is 5.97 Å². The van der Waals surface area contributed by atoms with Crippen LogP contribution in [-0.2, 0) is 16.6 Å². The number of carbonyl (C=O) groups is 2. The van der Waals surface area contributed by atoms with Gasteiger partial charge in [0.1, 0.15) is 11.5 Å². The van der Waals surface area contributed by atoms with Crippen molar-refractivity contribution in [3.63, 3.8) is 0 Å². The molecule has 1 aliphatic rings. The molecule has 0 radical (unpaired) electrons. The minimum Gasteiger partial charge on any atom is -0.464 e. The highest BCUT2D eigenvalue weighted by molar-refractivity contribution is 8.26. The van der Waals surface area contributed by atoms with E-state index >= 15 is 0 Å². The summed E-state index contributed by atoms with van der Waals surface area (Å²) in [4.78, 5) is 23.8. The van der Waals surface area contributed by atoms with E-state index in [0.29, 0.717) is 26.3 Å². The molecule has 0 aliphatic carbocycles. The van der Waals surface area contributed by atoms with Gasteiger partial charge in [-0.25, -0.2) is 15.6 Å². The Kier molecular flexibility index (Phi) is 3.55. The van der Waals surface area contributed by atoms with Crippen LogP contribution in [-0.4, -0.2) is 32.9 Å². The van der Waals surface area contributed by atoms with Crippen LogP contribution in [0.2, 0.25) is 0 Å². The van der Waals surface area contributed by atoms with Crippen LogP contribution in [0.25, 0.3) is 17.2 Å². The summed E-state index contributed by atoms with van der Waals surface area (Å²) < 4.78 is 12.3. The number of hydrazine groups is 1. The summed E-state index contributed by atoms with van der Waals surface area (Å²) in [5.74, 6) is 5.17. The van der Waals surface area contributed by atoms with Gasteiger partial charge in [0.2, 0.25) is 0 Å². The highest BCUT2D eigenvalue weighted by Gasteiger charge is 2.30. The second-order valence-corrected chi connectivity index (χ2v) is 6.21. The molecule has 1 amide bonds. The molecule has 0 spiro atoms. The highest BCUT2D eigenvalue weighted by atomic mass is 32.2. The van der Waals surface area contributed by atoms with E-state index in [1.54, 1.807) is 29.8 Å². The summed E-state index contributed by atoms with van der Waals surface area (Å²) >= 11 is 6.06. The maximum Gasteiger partial charge on any atom is 0.354 e. The molecule has 2 aromatic heterocycles. The quantitative estimate of drug-likeness (QED) is 0.293. The van der Waals surface area contributed by atoms with Gasteiger partial charge in [0.15, 0.2) is 9.90 Å². The lowest BCUT2D eigenvalue weighted by molar-refractivity contribution is -0.122. The number of amides is 1. The number of methoxy groups -OCH3 is 1. The van der Waals surface area contributed by atoms with Crippen LogP contribution in [0.4, 0.5) is 0 Å². The van der Waals surface area contributed by atoms with Crippen molar-refractivity contribution in [2.75, 3.05) is 7.11 Å². The summed E-state index contributed by atoms with van der Waals surface area (Å²) in [6, 6.07) is 3.32. The van der Waals surface area contributed by atoms with Gasteiger partial charge in [0.25, 0.3) is 5.91 Å². The van der Waals surface area contributed by atoms with Crippen LogP contribution in [0.15, 0.2) is 21.5 Å². The lowest BCUT2D eigenvalue weighted by Gasteiger charge is -2.02. The fourth-order valence-electron chi connectivity index (χ4n) is 2.11. The number of nitrogens with two attached hydrogens (primary N) is 1. The molecule has 1 saturated heterocycles. The molecule has 7 nitrogen and oxygen atoms in total. The van der Waals surface area contributed by atoms with Crippen molar-refractivity contribution in [1.29, 1.82) is 0 Å². The van der Waals surface area contributed by atoms with E-state index in [1.165, 1.54) is 7.11 Å². The predicted octanol–water partition coefficient (Wildman–Crippen LogP) is 1.63. The molecule has 9 heteroatoms. The van der Waals surface area contributed by atoms with Crippen molar-refractivity contribution < 1.29 is 18.7 Å². The number of nitrogens with zero attached hydrogens (tertiary/aromatic N) is 2. The van der Waals surface area contributed by atoms with Gasteiger partial charge in [-0.2, -0.15) is 0 Å². The zero-order valence-electron chi connectivity index (χ0n) is 11.7. The van der Waals surface area contributed by atoms with Crippen molar-refractivity contribution in [3.05, 3.63) is 28.5 Å². The molecule has 0 atom stereocenters. The Morgan fingerprint density at radius 2 is 2.23 bits per heavy atom. The second kappa shape index (κ2) is 5.27. The molecule has 0 bridgehead atoms.